The lowest BCUT2D eigenvalue weighted by Gasteiger charge is -2.48. The molecule has 2 saturated heterocycles. The molecule has 0 saturated carbocycles. The number of morpholine rings is 1. The van der Waals surface area contributed by atoms with Crippen LogP contribution in [0.25, 0.3) is 0 Å². The highest BCUT2D eigenvalue weighted by Crippen LogP contribution is 2.31. The Balaban J connectivity index is 1.61. The van der Waals surface area contributed by atoms with Crippen LogP contribution in [0, 0.1) is 0 Å². The van der Waals surface area contributed by atoms with Crippen LogP contribution in [0.15, 0.2) is 18.3 Å². The standard InChI is InChI=1S/C17H27N3OS/c1-14(22)16-4-3-15(13-18-16)19-7-5-17(2,6-8-19)20-9-11-21-12-10-20/h3-4,13-14,22H,5-12H2,1-2H3. The minimum Gasteiger partial charge on any atom is -0.379 e. The fraction of sp³-hybridized carbons (Fsp3) is 0.706. The molecule has 0 radical (unpaired) electrons. The van der Waals surface area contributed by atoms with E-state index < -0.39 is 0 Å². The normalized spacial score (nSPS) is 24.2. The van der Waals surface area contributed by atoms with Crippen molar-refractivity contribution in [3.8, 4) is 0 Å². The highest BCUT2D eigenvalue weighted by molar-refractivity contribution is 7.80. The van der Waals surface area contributed by atoms with Crippen molar-refractivity contribution in [2.24, 2.45) is 0 Å². The van der Waals surface area contributed by atoms with Gasteiger partial charge in [-0.05, 0) is 38.8 Å². The van der Waals surface area contributed by atoms with Crippen LogP contribution in [0.1, 0.15) is 37.6 Å². The molecule has 0 aliphatic carbocycles. The van der Waals surface area contributed by atoms with Gasteiger partial charge in [-0.25, -0.2) is 0 Å². The molecule has 5 heteroatoms. The zero-order valence-electron chi connectivity index (χ0n) is 13.7. The van der Waals surface area contributed by atoms with E-state index in [1.54, 1.807) is 0 Å². The number of hydrogen-bond donors (Lipinski definition) is 1. The first-order valence-corrected chi connectivity index (χ1v) is 8.82. The Bertz CT molecular complexity index is 477. The summed E-state index contributed by atoms with van der Waals surface area (Å²) in [6.07, 6.45) is 4.41. The van der Waals surface area contributed by atoms with Crippen molar-refractivity contribution in [3.63, 3.8) is 0 Å². The van der Waals surface area contributed by atoms with Crippen LogP contribution in [0.2, 0.25) is 0 Å². The number of anilines is 1. The molecule has 3 heterocycles. The molecule has 0 spiro atoms. The van der Waals surface area contributed by atoms with Crippen molar-refractivity contribution in [2.75, 3.05) is 44.3 Å². The summed E-state index contributed by atoms with van der Waals surface area (Å²) in [6.45, 7) is 10.6. The summed E-state index contributed by atoms with van der Waals surface area (Å²) in [5.41, 5.74) is 2.61. The van der Waals surface area contributed by atoms with Gasteiger partial charge in [0.25, 0.3) is 0 Å². The van der Waals surface area contributed by atoms with E-state index in [4.69, 9.17) is 4.74 Å². The average molecular weight is 321 g/mol. The molecule has 1 aromatic heterocycles. The van der Waals surface area contributed by atoms with Gasteiger partial charge < -0.3 is 9.64 Å². The van der Waals surface area contributed by atoms with Crippen molar-refractivity contribution < 1.29 is 4.74 Å². The summed E-state index contributed by atoms with van der Waals surface area (Å²) in [5.74, 6) is 0. The van der Waals surface area contributed by atoms with Gasteiger partial charge in [-0.2, -0.15) is 12.6 Å². The van der Waals surface area contributed by atoms with Crippen LogP contribution in [0.4, 0.5) is 5.69 Å². The van der Waals surface area contributed by atoms with Gasteiger partial charge in [0.2, 0.25) is 0 Å². The van der Waals surface area contributed by atoms with E-state index in [2.05, 4.69) is 53.4 Å². The predicted octanol–water partition coefficient (Wildman–Crippen LogP) is 2.76. The maximum Gasteiger partial charge on any atom is 0.0594 e. The molecule has 2 fully saturated rings. The lowest BCUT2D eigenvalue weighted by atomic mass is 9.87. The smallest absolute Gasteiger partial charge is 0.0594 e. The number of pyridine rings is 1. The van der Waals surface area contributed by atoms with Gasteiger partial charge in [0.15, 0.2) is 0 Å². The van der Waals surface area contributed by atoms with E-state index in [9.17, 15) is 0 Å². The fourth-order valence-electron chi connectivity index (χ4n) is 3.50. The molecule has 122 valence electrons. The van der Waals surface area contributed by atoms with Crippen LogP contribution in [0.3, 0.4) is 0 Å². The lowest BCUT2D eigenvalue weighted by Crippen LogP contribution is -2.56. The number of rotatable bonds is 3. The zero-order valence-corrected chi connectivity index (χ0v) is 14.6. The van der Waals surface area contributed by atoms with Crippen LogP contribution in [0.5, 0.6) is 0 Å². The van der Waals surface area contributed by atoms with Crippen molar-refractivity contribution in [1.29, 1.82) is 0 Å². The van der Waals surface area contributed by atoms with Crippen molar-refractivity contribution in [1.82, 2.24) is 9.88 Å². The molecule has 2 aliphatic rings. The molecule has 3 rings (SSSR count). The molecule has 0 bridgehead atoms. The molecule has 1 aromatic rings. The number of ether oxygens (including phenoxy) is 1. The van der Waals surface area contributed by atoms with Gasteiger partial charge in [0, 0.05) is 37.0 Å². The number of nitrogens with zero attached hydrogens (tertiary/aromatic N) is 3. The highest BCUT2D eigenvalue weighted by atomic mass is 32.1. The maximum atomic E-state index is 5.49. The summed E-state index contributed by atoms with van der Waals surface area (Å²) in [7, 11) is 0. The lowest BCUT2D eigenvalue weighted by molar-refractivity contribution is -0.0248. The van der Waals surface area contributed by atoms with Gasteiger partial charge in [-0.15, -0.1) is 0 Å². The Kier molecular flexibility index (Phi) is 4.95. The highest BCUT2D eigenvalue weighted by Gasteiger charge is 2.36. The van der Waals surface area contributed by atoms with E-state index in [1.165, 1.54) is 18.5 Å². The summed E-state index contributed by atoms with van der Waals surface area (Å²) in [4.78, 5) is 9.62. The second-order valence-electron chi connectivity index (χ2n) is 6.70. The number of hydrogen-bond acceptors (Lipinski definition) is 5. The van der Waals surface area contributed by atoms with Crippen molar-refractivity contribution >= 4 is 18.3 Å². The summed E-state index contributed by atoms with van der Waals surface area (Å²) >= 11 is 4.44. The Labute approximate surface area is 139 Å². The Morgan fingerprint density at radius 2 is 1.86 bits per heavy atom. The van der Waals surface area contributed by atoms with Crippen LogP contribution in [-0.2, 0) is 4.74 Å². The summed E-state index contributed by atoms with van der Waals surface area (Å²) < 4.78 is 5.49. The Morgan fingerprint density at radius 3 is 2.41 bits per heavy atom. The third-order valence-electron chi connectivity index (χ3n) is 5.18. The third kappa shape index (κ3) is 3.42. The summed E-state index contributed by atoms with van der Waals surface area (Å²) in [6, 6.07) is 4.29. The minimum atomic E-state index is 0.194. The van der Waals surface area contributed by atoms with E-state index >= 15 is 0 Å². The zero-order chi connectivity index (χ0) is 15.6. The molecule has 0 aromatic carbocycles. The van der Waals surface area contributed by atoms with Crippen molar-refractivity contribution in [3.05, 3.63) is 24.0 Å². The summed E-state index contributed by atoms with van der Waals surface area (Å²) in [5, 5.41) is 0.194. The molecule has 4 nitrogen and oxygen atoms in total. The van der Waals surface area contributed by atoms with Gasteiger partial charge in [0.1, 0.15) is 0 Å². The van der Waals surface area contributed by atoms with Gasteiger partial charge >= 0.3 is 0 Å². The average Bonchev–Trinajstić information content (AvgIpc) is 2.56. The Morgan fingerprint density at radius 1 is 1.18 bits per heavy atom. The first kappa shape index (κ1) is 16.1. The first-order chi connectivity index (χ1) is 10.6. The molecule has 2 aliphatic heterocycles. The molecule has 0 N–H and O–H groups in total. The molecule has 1 atom stereocenters. The largest absolute Gasteiger partial charge is 0.379 e. The maximum absolute atomic E-state index is 5.49. The van der Waals surface area contributed by atoms with Crippen molar-refractivity contribution in [2.45, 2.75) is 37.5 Å². The quantitative estimate of drug-likeness (QED) is 0.867. The second kappa shape index (κ2) is 6.77. The topological polar surface area (TPSA) is 28.6 Å². The molecular weight excluding hydrogens is 294 g/mol. The Hall–Kier alpha value is -0.780. The molecule has 1 unspecified atom stereocenters. The number of thiol groups is 1. The van der Waals surface area contributed by atoms with E-state index in [0.717, 1.165) is 45.1 Å². The van der Waals surface area contributed by atoms with Gasteiger partial charge in [0.05, 0.1) is 30.8 Å². The van der Waals surface area contributed by atoms with Gasteiger partial charge in [-0.3, -0.25) is 9.88 Å². The second-order valence-corrected chi connectivity index (χ2v) is 7.48. The SMILES string of the molecule is CC(S)c1ccc(N2CCC(C)(N3CCOCC3)CC2)cn1. The molecule has 22 heavy (non-hydrogen) atoms. The number of aromatic nitrogens is 1. The van der Waals surface area contributed by atoms with E-state index in [1.807, 2.05) is 6.20 Å². The molecular formula is C17H27N3OS. The third-order valence-corrected chi connectivity index (χ3v) is 5.44. The van der Waals surface area contributed by atoms with Crippen LogP contribution in [-0.4, -0.2) is 54.8 Å². The van der Waals surface area contributed by atoms with E-state index in [0.29, 0.717) is 5.54 Å². The monoisotopic (exact) mass is 321 g/mol. The minimum absolute atomic E-state index is 0.194. The van der Waals surface area contributed by atoms with E-state index in [-0.39, 0.29) is 5.25 Å². The fourth-order valence-corrected chi connectivity index (χ4v) is 3.65. The van der Waals surface area contributed by atoms with Crippen LogP contribution < -0.4 is 4.90 Å². The van der Waals surface area contributed by atoms with Gasteiger partial charge in [-0.1, -0.05) is 0 Å². The number of piperidine rings is 1. The molecule has 0 amide bonds. The first-order valence-electron chi connectivity index (χ1n) is 8.30. The predicted molar refractivity (Wildman–Crippen MR) is 93.9 cm³/mol. The van der Waals surface area contributed by atoms with Crippen LogP contribution >= 0.6 is 12.6 Å².